The molecule has 1 rings (SSSR count). The van der Waals surface area contributed by atoms with E-state index in [2.05, 4.69) is 39.5 Å². The van der Waals surface area contributed by atoms with Gasteiger partial charge in [0, 0.05) is 18.7 Å². The lowest BCUT2D eigenvalue weighted by Gasteiger charge is -2.19. The molecule has 0 aromatic carbocycles. The van der Waals surface area contributed by atoms with Crippen molar-refractivity contribution < 1.29 is 0 Å². The van der Waals surface area contributed by atoms with Crippen LogP contribution in [-0.4, -0.2) is 41.0 Å². The fourth-order valence-electron chi connectivity index (χ4n) is 1.81. The quantitative estimate of drug-likeness (QED) is 0.499. The van der Waals surface area contributed by atoms with Gasteiger partial charge in [0.15, 0.2) is 0 Å². The second-order valence-corrected chi connectivity index (χ2v) is 4.19. The molecule has 6 heteroatoms. The molecule has 0 amide bonds. The normalized spacial score (nSPS) is 10.8. The van der Waals surface area contributed by atoms with Gasteiger partial charge in [-0.2, -0.15) is 0 Å². The van der Waals surface area contributed by atoms with Crippen molar-refractivity contribution in [1.29, 1.82) is 0 Å². The second-order valence-electron chi connectivity index (χ2n) is 4.19. The largest absolute Gasteiger partial charge is 0.368 e. The predicted octanol–water partition coefficient (Wildman–Crippen LogP) is 1.13. The van der Waals surface area contributed by atoms with Crippen molar-refractivity contribution in [3.05, 3.63) is 11.4 Å². The fourth-order valence-corrected chi connectivity index (χ4v) is 1.81. The average Bonchev–Trinajstić information content (AvgIpc) is 2.38. The Morgan fingerprint density at radius 1 is 1.11 bits per heavy atom. The molecule has 0 saturated heterocycles. The van der Waals surface area contributed by atoms with Crippen molar-refractivity contribution in [3.8, 4) is 0 Å². The highest BCUT2D eigenvalue weighted by molar-refractivity contribution is 5.56. The summed E-state index contributed by atoms with van der Waals surface area (Å²) in [6.07, 6.45) is 0. The molecular weight excluding hydrogens is 228 g/mol. The molecular formula is C12H24N6. The van der Waals surface area contributed by atoms with Gasteiger partial charge in [0.1, 0.15) is 17.5 Å². The van der Waals surface area contributed by atoms with Crippen LogP contribution in [0.1, 0.15) is 25.2 Å². The summed E-state index contributed by atoms with van der Waals surface area (Å²) in [5.74, 6) is 7.66. The van der Waals surface area contributed by atoms with Crippen molar-refractivity contribution in [2.45, 2.75) is 27.7 Å². The number of likely N-dealkylation sites (N-methyl/N-ethyl adjacent to an activating group) is 1. The Hall–Kier alpha value is -1.40. The van der Waals surface area contributed by atoms with Gasteiger partial charge in [0.2, 0.25) is 0 Å². The van der Waals surface area contributed by atoms with Crippen LogP contribution >= 0.6 is 0 Å². The summed E-state index contributed by atoms with van der Waals surface area (Å²) in [7, 11) is 0. The maximum atomic E-state index is 5.43. The van der Waals surface area contributed by atoms with E-state index in [9.17, 15) is 0 Å². The molecule has 6 nitrogen and oxygen atoms in total. The molecule has 1 aromatic rings. The Labute approximate surface area is 109 Å². The van der Waals surface area contributed by atoms with Gasteiger partial charge >= 0.3 is 0 Å². The van der Waals surface area contributed by atoms with Crippen LogP contribution < -0.4 is 16.6 Å². The van der Waals surface area contributed by atoms with Crippen molar-refractivity contribution in [3.63, 3.8) is 0 Å². The van der Waals surface area contributed by atoms with E-state index >= 15 is 0 Å². The summed E-state index contributed by atoms with van der Waals surface area (Å²) >= 11 is 0. The van der Waals surface area contributed by atoms with Gasteiger partial charge in [-0.25, -0.2) is 15.8 Å². The van der Waals surface area contributed by atoms with Gasteiger partial charge in [-0.15, -0.1) is 0 Å². The zero-order chi connectivity index (χ0) is 13.5. The highest BCUT2D eigenvalue weighted by Gasteiger charge is 2.08. The molecule has 1 aromatic heterocycles. The molecule has 1 heterocycles. The molecule has 0 fully saturated rings. The third-order valence-electron chi connectivity index (χ3n) is 3.01. The number of nitrogens with two attached hydrogens (primary N) is 1. The summed E-state index contributed by atoms with van der Waals surface area (Å²) in [5, 5.41) is 3.34. The number of anilines is 2. The van der Waals surface area contributed by atoms with Gasteiger partial charge in [0.05, 0.1) is 0 Å². The van der Waals surface area contributed by atoms with E-state index in [1.807, 2.05) is 13.8 Å². The van der Waals surface area contributed by atoms with Crippen LogP contribution in [0.4, 0.5) is 11.6 Å². The smallest absolute Gasteiger partial charge is 0.148 e. The lowest BCUT2D eigenvalue weighted by atomic mass is 10.3. The molecule has 102 valence electrons. The van der Waals surface area contributed by atoms with Gasteiger partial charge in [-0.05, 0) is 26.9 Å². The summed E-state index contributed by atoms with van der Waals surface area (Å²) < 4.78 is 0. The van der Waals surface area contributed by atoms with Crippen LogP contribution in [0.3, 0.4) is 0 Å². The maximum Gasteiger partial charge on any atom is 0.148 e. The first-order chi connectivity index (χ1) is 8.62. The number of hydrogen-bond donors (Lipinski definition) is 3. The molecule has 0 bridgehead atoms. The maximum absolute atomic E-state index is 5.43. The summed E-state index contributed by atoms with van der Waals surface area (Å²) in [6.45, 7) is 12.1. The molecule has 18 heavy (non-hydrogen) atoms. The standard InChI is InChI=1S/C12H24N6/c1-5-18(6-2)8-7-14-11-9(3)12(17-13)16-10(4)15-11/h5-8,13H2,1-4H3,(H2,14,15,16,17). The molecule has 0 unspecified atom stereocenters. The zero-order valence-corrected chi connectivity index (χ0v) is 11.7. The van der Waals surface area contributed by atoms with Gasteiger partial charge in [-0.1, -0.05) is 13.8 Å². The molecule has 0 saturated carbocycles. The van der Waals surface area contributed by atoms with Crippen LogP contribution in [0.25, 0.3) is 0 Å². The van der Waals surface area contributed by atoms with Crippen molar-refractivity contribution in [2.24, 2.45) is 5.84 Å². The van der Waals surface area contributed by atoms with Gasteiger partial charge < -0.3 is 15.6 Å². The van der Waals surface area contributed by atoms with Crippen molar-refractivity contribution >= 4 is 11.6 Å². The van der Waals surface area contributed by atoms with E-state index in [0.717, 1.165) is 37.6 Å². The minimum atomic E-state index is 0.674. The van der Waals surface area contributed by atoms with Crippen LogP contribution in [0.5, 0.6) is 0 Å². The van der Waals surface area contributed by atoms with E-state index < -0.39 is 0 Å². The first kappa shape index (κ1) is 14.7. The number of aromatic nitrogens is 2. The highest BCUT2D eigenvalue weighted by atomic mass is 15.3. The Morgan fingerprint density at radius 3 is 2.28 bits per heavy atom. The number of nitrogens with one attached hydrogen (secondary N) is 2. The van der Waals surface area contributed by atoms with Crippen LogP contribution in [0.15, 0.2) is 0 Å². The first-order valence-electron chi connectivity index (χ1n) is 6.40. The van der Waals surface area contributed by atoms with E-state index in [1.165, 1.54) is 0 Å². The Balaban J connectivity index is 2.64. The number of rotatable bonds is 7. The summed E-state index contributed by atoms with van der Waals surface area (Å²) in [4.78, 5) is 11.0. The molecule has 0 aliphatic rings. The van der Waals surface area contributed by atoms with E-state index in [1.54, 1.807) is 0 Å². The Morgan fingerprint density at radius 2 is 1.72 bits per heavy atom. The van der Waals surface area contributed by atoms with Crippen molar-refractivity contribution in [2.75, 3.05) is 36.9 Å². The molecule has 0 atom stereocenters. The lowest BCUT2D eigenvalue weighted by molar-refractivity contribution is 0.316. The SMILES string of the molecule is CCN(CC)CCNc1nc(C)nc(NN)c1C. The molecule has 0 spiro atoms. The minimum Gasteiger partial charge on any atom is -0.368 e. The Bertz CT molecular complexity index is 375. The second kappa shape index (κ2) is 7.13. The number of aryl methyl sites for hydroxylation is 1. The molecule has 0 aliphatic heterocycles. The number of nitrogen functional groups attached to an aromatic ring is 1. The first-order valence-corrected chi connectivity index (χ1v) is 6.40. The average molecular weight is 252 g/mol. The Kier molecular flexibility index (Phi) is 5.80. The summed E-state index contributed by atoms with van der Waals surface area (Å²) in [5.41, 5.74) is 3.54. The lowest BCUT2D eigenvalue weighted by Crippen LogP contribution is -2.29. The number of nitrogens with zero attached hydrogens (tertiary/aromatic N) is 3. The minimum absolute atomic E-state index is 0.674. The number of hydrazine groups is 1. The van der Waals surface area contributed by atoms with Crippen LogP contribution in [0, 0.1) is 13.8 Å². The van der Waals surface area contributed by atoms with Gasteiger partial charge in [0.25, 0.3) is 0 Å². The molecule has 0 radical (unpaired) electrons. The molecule has 0 aliphatic carbocycles. The van der Waals surface area contributed by atoms with Crippen LogP contribution in [-0.2, 0) is 0 Å². The van der Waals surface area contributed by atoms with E-state index in [0.29, 0.717) is 11.6 Å². The summed E-state index contributed by atoms with van der Waals surface area (Å²) in [6, 6.07) is 0. The van der Waals surface area contributed by atoms with Gasteiger partial charge in [-0.3, -0.25) is 0 Å². The fraction of sp³-hybridized carbons (Fsp3) is 0.667. The topological polar surface area (TPSA) is 79.1 Å². The number of hydrogen-bond acceptors (Lipinski definition) is 6. The zero-order valence-electron chi connectivity index (χ0n) is 11.7. The molecule has 4 N–H and O–H groups in total. The van der Waals surface area contributed by atoms with Crippen molar-refractivity contribution in [1.82, 2.24) is 14.9 Å². The third kappa shape index (κ3) is 3.82. The monoisotopic (exact) mass is 252 g/mol. The van der Waals surface area contributed by atoms with Crippen LogP contribution in [0.2, 0.25) is 0 Å². The van der Waals surface area contributed by atoms with E-state index in [-0.39, 0.29) is 0 Å². The highest BCUT2D eigenvalue weighted by Crippen LogP contribution is 2.18. The van der Waals surface area contributed by atoms with E-state index in [4.69, 9.17) is 5.84 Å². The third-order valence-corrected chi connectivity index (χ3v) is 3.01. The predicted molar refractivity (Wildman–Crippen MR) is 75.6 cm³/mol.